The number of nitrogens with one attached hydrogen (secondary N) is 1. The number of rotatable bonds is 3. The second-order valence-electron chi connectivity index (χ2n) is 5.41. The topological polar surface area (TPSA) is 81.4 Å². The van der Waals surface area contributed by atoms with Crippen LogP contribution in [0.4, 0.5) is 5.69 Å². The summed E-state index contributed by atoms with van der Waals surface area (Å²) in [6.45, 7) is 8.96. The molecule has 19 heavy (non-hydrogen) atoms. The van der Waals surface area contributed by atoms with Gasteiger partial charge in [-0.3, -0.25) is 4.79 Å². The second-order valence-corrected chi connectivity index (χ2v) is 6.67. The summed E-state index contributed by atoms with van der Waals surface area (Å²) >= 11 is 1.26. The predicted octanol–water partition coefficient (Wildman–Crippen LogP) is 2.10. The molecule has 0 fully saturated rings. The zero-order chi connectivity index (χ0) is 14.8. The van der Waals surface area contributed by atoms with E-state index >= 15 is 0 Å². The van der Waals surface area contributed by atoms with Crippen LogP contribution in [0, 0.1) is 6.92 Å². The van der Waals surface area contributed by atoms with Gasteiger partial charge in [-0.25, -0.2) is 4.79 Å². The quantitative estimate of drug-likeness (QED) is 0.833. The first-order valence-electron chi connectivity index (χ1n) is 5.99. The third kappa shape index (κ3) is 4.55. The number of hydrogen-bond acceptors (Lipinski definition) is 5. The van der Waals surface area contributed by atoms with Gasteiger partial charge in [0, 0.05) is 16.1 Å². The molecule has 0 aromatic carbocycles. The number of amides is 1. The smallest absolute Gasteiger partial charge is 0.349 e. The van der Waals surface area contributed by atoms with Gasteiger partial charge in [0.1, 0.15) is 4.88 Å². The van der Waals surface area contributed by atoms with E-state index in [0.29, 0.717) is 10.6 Å². The van der Waals surface area contributed by atoms with Crippen LogP contribution in [0.25, 0.3) is 0 Å². The number of nitrogens with two attached hydrogens (primary N) is 1. The van der Waals surface area contributed by atoms with Crippen molar-refractivity contribution in [3.63, 3.8) is 0 Å². The van der Waals surface area contributed by atoms with Crippen molar-refractivity contribution >= 4 is 28.9 Å². The Hall–Kier alpha value is -1.56. The number of esters is 1. The maximum absolute atomic E-state index is 11.8. The van der Waals surface area contributed by atoms with Gasteiger partial charge < -0.3 is 15.8 Å². The number of hydrogen-bond donors (Lipinski definition) is 2. The van der Waals surface area contributed by atoms with E-state index in [9.17, 15) is 9.59 Å². The summed E-state index contributed by atoms with van der Waals surface area (Å²) in [5.74, 6) is -0.844. The van der Waals surface area contributed by atoms with Gasteiger partial charge in [-0.15, -0.1) is 11.3 Å². The molecule has 106 valence electrons. The molecule has 0 saturated heterocycles. The van der Waals surface area contributed by atoms with E-state index in [1.165, 1.54) is 11.3 Å². The third-order valence-corrected chi connectivity index (χ3v) is 3.35. The maximum atomic E-state index is 11.8. The molecule has 0 aliphatic heterocycles. The lowest BCUT2D eigenvalue weighted by molar-refractivity contribution is -0.130. The molecule has 0 aliphatic carbocycles. The molecule has 0 spiro atoms. The molecule has 1 atom stereocenters. The van der Waals surface area contributed by atoms with Crippen molar-refractivity contribution in [2.24, 2.45) is 0 Å². The van der Waals surface area contributed by atoms with E-state index in [-0.39, 0.29) is 11.4 Å². The van der Waals surface area contributed by atoms with Crippen molar-refractivity contribution in [2.45, 2.75) is 46.3 Å². The van der Waals surface area contributed by atoms with Crippen LogP contribution >= 0.6 is 11.3 Å². The first kappa shape index (κ1) is 15.5. The van der Waals surface area contributed by atoms with Gasteiger partial charge in [-0.1, -0.05) is 0 Å². The Morgan fingerprint density at radius 3 is 2.42 bits per heavy atom. The Balaban J connectivity index is 2.64. The summed E-state index contributed by atoms with van der Waals surface area (Å²) < 4.78 is 5.12. The first-order chi connectivity index (χ1) is 8.60. The Kier molecular flexibility index (Phi) is 4.57. The summed E-state index contributed by atoms with van der Waals surface area (Å²) in [4.78, 5) is 24.9. The Labute approximate surface area is 117 Å². The lowest BCUT2D eigenvalue weighted by Gasteiger charge is -2.23. The highest BCUT2D eigenvalue weighted by Gasteiger charge is 2.23. The van der Waals surface area contributed by atoms with Crippen LogP contribution in [0.1, 0.15) is 42.2 Å². The van der Waals surface area contributed by atoms with Crippen LogP contribution in [0.5, 0.6) is 0 Å². The summed E-state index contributed by atoms with van der Waals surface area (Å²) in [6.07, 6.45) is -0.838. The molecule has 1 aromatic heterocycles. The highest BCUT2D eigenvalue weighted by molar-refractivity contribution is 7.14. The van der Waals surface area contributed by atoms with Crippen molar-refractivity contribution < 1.29 is 14.3 Å². The van der Waals surface area contributed by atoms with Gasteiger partial charge in [0.15, 0.2) is 6.10 Å². The fourth-order valence-electron chi connectivity index (χ4n) is 1.34. The summed E-state index contributed by atoms with van der Waals surface area (Å²) in [7, 11) is 0. The molecule has 0 saturated carbocycles. The SMILES string of the molecule is Cc1sc(C(=O)OC(C)C(=O)NC(C)(C)C)cc1N. The van der Waals surface area contributed by atoms with Gasteiger partial charge in [-0.05, 0) is 40.7 Å². The lowest BCUT2D eigenvalue weighted by atomic mass is 10.1. The number of nitrogen functional groups attached to an aromatic ring is 1. The molecule has 0 bridgehead atoms. The lowest BCUT2D eigenvalue weighted by Crippen LogP contribution is -2.46. The summed E-state index contributed by atoms with van der Waals surface area (Å²) in [5, 5.41) is 2.75. The van der Waals surface area contributed by atoms with Gasteiger partial charge in [0.2, 0.25) is 0 Å². The highest BCUT2D eigenvalue weighted by atomic mass is 32.1. The van der Waals surface area contributed by atoms with Gasteiger partial charge in [-0.2, -0.15) is 0 Å². The van der Waals surface area contributed by atoms with Crippen LogP contribution in [0.15, 0.2) is 6.07 Å². The normalized spacial score (nSPS) is 12.9. The molecule has 5 nitrogen and oxygen atoms in total. The second kappa shape index (κ2) is 5.61. The standard InChI is InChI=1S/C13H20N2O3S/c1-7(11(16)15-13(3,4)5)18-12(17)10-6-9(14)8(2)19-10/h6-7H,14H2,1-5H3,(H,15,16). The largest absolute Gasteiger partial charge is 0.448 e. The minimum absolute atomic E-state index is 0.317. The van der Waals surface area contributed by atoms with E-state index in [0.717, 1.165) is 4.88 Å². The number of aryl methyl sites for hydroxylation is 1. The molecule has 3 N–H and O–H groups in total. The fourth-order valence-corrected chi connectivity index (χ4v) is 2.16. The Morgan fingerprint density at radius 1 is 1.42 bits per heavy atom. The molecular weight excluding hydrogens is 264 g/mol. The average Bonchev–Trinajstić information content (AvgIpc) is 2.56. The van der Waals surface area contributed by atoms with E-state index in [4.69, 9.17) is 10.5 Å². The van der Waals surface area contributed by atoms with E-state index < -0.39 is 12.1 Å². The van der Waals surface area contributed by atoms with Gasteiger partial charge in [0.25, 0.3) is 5.91 Å². The summed E-state index contributed by atoms with van der Waals surface area (Å²) in [6, 6.07) is 1.57. The van der Waals surface area contributed by atoms with Crippen molar-refractivity contribution in [2.75, 3.05) is 5.73 Å². The van der Waals surface area contributed by atoms with E-state index in [1.807, 2.05) is 27.7 Å². The van der Waals surface area contributed by atoms with Crippen molar-refractivity contribution in [3.8, 4) is 0 Å². The number of ether oxygens (including phenoxy) is 1. The third-order valence-electron chi connectivity index (χ3n) is 2.31. The highest BCUT2D eigenvalue weighted by Crippen LogP contribution is 2.24. The molecule has 1 rings (SSSR count). The number of carbonyl (C=O) groups excluding carboxylic acids is 2. The number of anilines is 1. The maximum Gasteiger partial charge on any atom is 0.349 e. The van der Waals surface area contributed by atoms with E-state index in [1.54, 1.807) is 13.0 Å². The van der Waals surface area contributed by atoms with Crippen molar-refractivity contribution in [1.82, 2.24) is 5.32 Å². The van der Waals surface area contributed by atoms with Crippen molar-refractivity contribution in [1.29, 1.82) is 0 Å². The van der Waals surface area contributed by atoms with Crippen LogP contribution in [-0.4, -0.2) is 23.5 Å². The minimum atomic E-state index is -0.838. The average molecular weight is 284 g/mol. The van der Waals surface area contributed by atoms with Gasteiger partial charge >= 0.3 is 5.97 Å². The number of carbonyl (C=O) groups is 2. The summed E-state index contributed by atoms with van der Waals surface area (Å²) in [5.41, 5.74) is 5.88. The molecule has 1 heterocycles. The zero-order valence-corrected chi connectivity index (χ0v) is 12.7. The molecule has 1 amide bonds. The minimum Gasteiger partial charge on any atom is -0.448 e. The molecule has 0 aliphatic rings. The fraction of sp³-hybridized carbons (Fsp3) is 0.538. The van der Waals surface area contributed by atoms with E-state index in [2.05, 4.69) is 5.32 Å². The number of thiophene rings is 1. The molecule has 1 aromatic rings. The van der Waals surface area contributed by atoms with Crippen LogP contribution in [0.3, 0.4) is 0 Å². The Morgan fingerprint density at radius 2 is 2.00 bits per heavy atom. The van der Waals surface area contributed by atoms with Crippen LogP contribution in [-0.2, 0) is 9.53 Å². The predicted molar refractivity (Wildman–Crippen MR) is 76.2 cm³/mol. The first-order valence-corrected chi connectivity index (χ1v) is 6.80. The molecular formula is C13H20N2O3S. The zero-order valence-electron chi connectivity index (χ0n) is 11.9. The Bertz CT molecular complexity index is 469. The van der Waals surface area contributed by atoms with Crippen LogP contribution < -0.4 is 11.1 Å². The van der Waals surface area contributed by atoms with Crippen molar-refractivity contribution in [3.05, 3.63) is 15.8 Å². The molecule has 6 heteroatoms. The van der Waals surface area contributed by atoms with Crippen LogP contribution in [0.2, 0.25) is 0 Å². The monoisotopic (exact) mass is 284 g/mol. The molecule has 0 radical (unpaired) electrons. The van der Waals surface area contributed by atoms with Gasteiger partial charge in [0.05, 0.1) is 0 Å². The molecule has 1 unspecified atom stereocenters.